The molecular weight excluding hydrogens is 232 g/mol. The Balaban J connectivity index is 2.13. The van der Waals surface area contributed by atoms with Gasteiger partial charge in [-0.25, -0.2) is 0 Å². The molecule has 1 aliphatic carbocycles. The highest BCUT2D eigenvalue weighted by Gasteiger charge is 2.29. The van der Waals surface area contributed by atoms with Gasteiger partial charge in [-0.05, 0) is 37.5 Å². The third-order valence-electron chi connectivity index (χ3n) is 3.22. The number of nitrogens with one attached hydrogen (secondary N) is 1. The number of aromatic hydroxyl groups is 2. The van der Waals surface area contributed by atoms with Crippen LogP contribution in [0.2, 0.25) is 0 Å². The molecular formula is C13H14N2O3. The molecule has 5 nitrogen and oxygen atoms in total. The van der Waals surface area contributed by atoms with E-state index in [-0.39, 0.29) is 29.0 Å². The third-order valence-corrected chi connectivity index (χ3v) is 3.22. The smallest absolute Gasteiger partial charge is 0.255 e. The van der Waals surface area contributed by atoms with Crippen LogP contribution in [0.15, 0.2) is 18.2 Å². The number of carbonyl (C=O) groups excluding carboxylic acids is 1. The van der Waals surface area contributed by atoms with Gasteiger partial charge in [-0.2, -0.15) is 5.26 Å². The summed E-state index contributed by atoms with van der Waals surface area (Å²) in [5, 5.41) is 30.5. The lowest BCUT2D eigenvalue weighted by Gasteiger charge is -2.16. The molecule has 1 aliphatic rings. The Morgan fingerprint density at radius 2 is 2.17 bits per heavy atom. The zero-order valence-corrected chi connectivity index (χ0v) is 9.76. The molecule has 5 heteroatoms. The average Bonchev–Trinajstić information content (AvgIpc) is 2.79. The number of phenolic OH excluding ortho intramolecular Hbond substituents is 2. The molecule has 1 aromatic rings. The van der Waals surface area contributed by atoms with Gasteiger partial charge in [0.05, 0.1) is 17.6 Å². The fourth-order valence-electron chi connectivity index (χ4n) is 2.24. The largest absolute Gasteiger partial charge is 0.508 e. The van der Waals surface area contributed by atoms with Crippen LogP contribution in [0.5, 0.6) is 11.5 Å². The summed E-state index contributed by atoms with van der Waals surface area (Å²) in [7, 11) is 0. The summed E-state index contributed by atoms with van der Waals surface area (Å²) in [5.41, 5.74) is 0.0265. The monoisotopic (exact) mass is 246 g/mol. The van der Waals surface area contributed by atoms with E-state index < -0.39 is 5.91 Å². The maximum atomic E-state index is 11.9. The SMILES string of the molecule is N#CC1CCCC1NC(=O)c1cc(O)ccc1O. The number of hydrogen-bond donors (Lipinski definition) is 3. The minimum absolute atomic E-state index is 0.0265. The van der Waals surface area contributed by atoms with E-state index in [1.165, 1.54) is 18.2 Å². The Bertz CT molecular complexity index is 507. The quantitative estimate of drug-likeness (QED) is 0.690. The van der Waals surface area contributed by atoms with Gasteiger partial charge in [-0.3, -0.25) is 4.79 Å². The van der Waals surface area contributed by atoms with Crippen LogP contribution in [0.25, 0.3) is 0 Å². The number of amides is 1. The third kappa shape index (κ3) is 2.38. The molecule has 2 atom stereocenters. The predicted molar refractivity (Wildman–Crippen MR) is 64.0 cm³/mol. The van der Waals surface area contributed by atoms with Crippen LogP contribution in [0.3, 0.4) is 0 Å². The number of phenols is 2. The molecule has 0 aliphatic heterocycles. The molecule has 3 N–H and O–H groups in total. The van der Waals surface area contributed by atoms with Gasteiger partial charge in [0.25, 0.3) is 5.91 Å². The zero-order valence-electron chi connectivity index (χ0n) is 9.76. The first-order chi connectivity index (χ1) is 8.61. The normalized spacial score (nSPS) is 22.4. The highest BCUT2D eigenvalue weighted by atomic mass is 16.3. The fraction of sp³-hybridized carbons (Fsp3) is 0.385. The van der Waals surface area contributed by atoms with Crippen LogP contribution in [-0.4, -0.2) is 22.2 Å². The lowest BCUT2D eigenvalue weighted by Crippen LogP contribution is -2.36. The van der Waals surface area contributed by atoms with Gasteiger partial charge < -0.3 is 15.5 Å². The van der Waals surface area contributed by atoms with Crippen LogP contribution in [0.1, 0.15) is 29.6 Å². The summed E-state index contributed by atoms with van der Waals surface area (Å²) >= 11 is 0. The lowest BCUT2D eigenvalue weighted by molar-refractivity contribution is 0.0929. The minimum atomic E-state index is -0.462. The minimum Gasteiger partial charge on any atom is -0.508 e. The van der Waals surface area contributed by atoms with Crippen molar-refractivity contribution in [2.75, 3.05) is 0 Å². The molecule has 2 unspecified atom stereocenters. The average molecular weight is 246 g/mol. The Labute approximate surface area is 105 Å². The summed E-state index contributed by atoms with van der Waals surface area (Å²) in [4.78, 5) is 11.9. The van der Waals surface area contributed by atoms with Crippen molar-refractivity contribution in [3.63, 3.8) is 0 Å². The number of benzene rings is 1. The topological polar surface area (TPSA) is 93.4 Å². The van der Waals surface area contributed by atoms with Crippen molar-refractivity contribution in [2.24, 2.45) is 5.92 Å². The van der Waals surface area contributed by atoms with Crippen molar-refractivity contribution in [3.05, 3.63) is 23.8 Å². The van der Waals surface area contributed by atoms with Crippen molar-refractivity contribution >= 4 is 5.91 Å². The number of carbonyl (C=O) groups is 1. The van der Waals surface area contributed by atoms with Gasteiger partial charge >= 0.3 is 0 Å². The van der Waals surface area contributed by atoms with Crippen LogP contribution in [0, 0.1) is 17.2 Å². The zero-order chi connectivity index (χ0) is 13.1. The van der Waals surface area contributed by atoms with E-state index in [4.69, 9.17) is 5.26 Å². The number of hydrogen-bond acceptors (Lipinski definition) is 4. The first-order valence-electron chi connectivity index (χ1n) is 5.84. The van der Waals surface area contributed by atoms with Gasteiger partial charge in [0.2, 0.25) is 0 Å². The summed E-state index contributed by atoms with van der Waals surface area (Å²) < 4.78 is 0. The molecule has 2 rings (SSSR count). The Morgan fingerprint density at radius 1 is 1.39 bits per heavy atom. The molecule has 1 fully saturated rings. The van der Waals surface area contributed by atoms with Crippen LogP contribution >= 0.6 is 0 Å². The fourth-order valence-corrected chi connectivity index (χ4v) is 2.24. The molecule has 0 spiro atoms. The van der Waals surface area contributed by atoms with Gasteiger partial charge in [0.15, 0.2) is 0 Å². The maximum absolute atomic E-state index is 11.9. The van der Waals surface area contributed by atoms with E-state index in [2.05, 4.69) is 11.4 Å². The first kappa shape index (κ1) is 12.2. The van der Waals surface area contributed by atoms with Crippen LogP contribution in [-0.2, 0) is 0 Å². The van der Waals surface area contributed by atoms with Gasteiger partial charge in [0, 0.05) is 6.04 Å². The molecule has 0 heterocycles. The van der Waals surface area contributed by atoms with E-state index in [1.807, 2.05) is 0 Å². The first-order valence-corrected chi connectivity index (χ1v) is 5.84. The Morgan fingerprint density at radius 3 is 2.89 bits per heavy atom. The molecule has 1 amide bonds. The van der Waals surface area contributed by atoms with Gasteiger partial charge in [-0.1, -0.05) is 0 Å². The molecule has 94 valence electrons. The van der Waals surface area contributed by atoms with E-state index in [0.29, 0.717) is 0 Å². The summed E-state index contributed by atoms with van der Waals surface area (Å²) in [6.07, 6.45) is 2.46. The summed E-state index contributed by atoms with van der Waals surface area (Å²) in [5.74, 6) is -0.901. The van der Waals surface area contributed by atoms with Crippen LogP contribution < -0.4 is 5.32 Å². The predicted octanol–water partition coefficient (Wildman–Crippen LogP) is 1.52. The van der Waals surface area contributed by atoms with E-state index in [9.17, 15) is 15.0 Å². The van der Waals surface area contributed by atoms with Crippen molar-refractivity contribution in [2.45, 2.75) is 25.3 Å². The molecule has 1 aromatic carbocycles. The van der Waals surface area contributed by atoms with Gasteiger partial charge in [0.1, 0.15) is 11.5 Å². The molecule has 0 aromatic heterocycles. The maximum Gasteiger partial charge on any atom is 0.255 e. The Kier molecular flexibility index (Phi) is 3.38. The van der Waals surface area contributed by atoms with Crippen molar-refractivity contribution < 1.29 is 15.0 Å². The molecule has 1 saturated carbocycles. The number of rotatable bonds is 2. The highest BCUT2D eigenvalue weighted by molar-refractivity contribution is 5.97. The number of nitriles is 1. The molecule has 0 radical (unpaired) electrons. The van der Waals surface area contributed by atoms with Crippen molar-refractivity contribution in [3.8, 4) is 17.6 Å². The second-order valence-electron chi connectivity index (χ2n) is 4.45. The van der Waals surface area contributed by atoms with Crippen LogP contribution in [0.4, 0.5) is 0 Å². The van der Waals surface area contributed by atoms with E-state index in [1.54, 1.807) is 0 Å². The molecule has 18 heavy (non-hydrogen) atoms. The van der Waals surface area contributed by atoms with E-state index >= 15 is 0 Å². The molecule has 0 bridgehead atoms. The standard InChI is InChI=1S/C13H14N2O3/c14-7-8-2-1-3-11(8)15-13(18)10-6-9(16)4-5-12(10)17/h4-6,8,11,16-17H,1-3H2,(H,15,18). The number of nitrogens with zero attached hydrogens (tertiary/aromatic N) is 1. The summed E-state index contributed by atoms with van der Waals surface area (Å²) in [6.45, 7) is 0. The van der Waals surface area contributed by atoms with E-state index in [0.717, 1.165) is 19.3 Å². The molecule has 0 saturated heterocycles. The highest BCUT2D eigenvalue weighted by Crippen LogP contribution is 2.27. The Hall–Kier alpha value is -2.22. The van der Waals surface area contributed by atoms with Crippen molar-refractivity contribution in [1.29, 1.82) is 5.26 Å². The lowest BCUT2D eigenvalue weighted by atomic mass is 10.0. The second kappa shape index (κ2) is 4.96. The van der Waals surface area contributed by atoms with Crippen molar-refractivity contribution in [1.82, 2.24) is 5.32 Å². The summed E-state index contributed by atoms with van der Waals surface area (Å²) in [6, 6.07) is 5.77. The second-order valence-corrected chi connectivity index (χ2v) is 4.45. The van der Waals surface area contributed by atoms with Gasteiger partial charge in [-0.15, -0.1) is 0 Å².